The number of methoxy groups -OCH3 is 1. The van der Waals surface area contributed by atoms with Crippen LogP contribution in [-0.2, 0) is 33.2 Å². The molecule has 2 fully saturated rings. The van der Waals surface area contributed by atoms with Gasteiger partial charge in [-0.3, -0.25) is 4.18 Å². The first-order chi connectivity index (χ1) is 14.4. The zero-order valence-electron chi connectivity index (χ0n) is 16.6. The van der Waals surface area contributed by atoms with Gasteiger partial charge >= 0.3 is 0 Å². The molecule has 1 unspecified atom stereocenters. The van der Waals surface area contributed by atoms with Crippen LogP contribution in [0.3, 0.4) is 0 Å². The number of fused-ring (bicyclic) bond motifs is 1. The first kappa shape index (κ1) is 21.4. The Bertz CT molecular complexity index is 947. The van der Waals surface area contributed by atoms with E-state index >= 15 is 0 Å². The Morgan fingerprint density at radius 3 is 2.40 bits per heavy atom. The van der Waals surface area contributed by atoms with Crippen LogP contribution in [0, 0.1) is 6.92 Å². The Balaban J connectivity index is 1.55. The van der Waals surface area contributed by atoms with E-state index in [9.17, 15) is 13.5 Å². The fourth-order valence-electron chi connectivity index (χ4n) is 3.55. The van der Waals surface area contributed by atoms with Gasteiger partial charge in [-0.1, -0.05) is 48.0 Å². The predicted molar refractivity (Wildman–Crippen MR) is 105 cm³/mol. The fraction of sp³-hybridized carbons (Fsp3) is 0.429. The molecule has 4 rings (SSSR count). The summed E-state index contributed by atoms with van der Waals surface area (Å²) in [6.45, 7) is 2.00. The Morgan fingerprint density at radius 2 is 1.73 bits per heavy atom. The Morgan fingerprint density at radius 1 is 1.03 bits per heavy atom. The van der Waals surface area contributed by atoms with Crippen molar-refractivity contribution in [3.8, 4) is 0 Å². The van der Waals surface area contributed by atoms with Crippen LogP contribution in [0.15, 0.2) is 59.5 Å². The zero-order valence-corrected chi connectivity index (χ0v) is 17.4. The lowest BCUT2D eigenvalue weighted by Gasteiger charge is -2.46. The minimum absolute atomic E-state index is 0.0210. The lowest BCUT2D eigenvalue weighted by Crippen LogP contribution is -2.63. The van der Waals surface area contributed by atoms with Crippen molar-refractivity contribution in [2.45, 2.75) is 48.8 Å². The highest BCUT2D eigenvalue weighted by Gasteiger charge is 2.51. The second kappa shape index (κ2) is 8.72. The lowest BCUT2D eigenvalue weighted by molar-refractivity contribution is -0.354. The van der Waals surface area contributed by atoms with E-state index in [0.29, 0.717) is 0 Å². The monoisotopic (exact) mass is 436 g/mol. The van der Waals surface area contributed by atoms with Crippen molar-refractivity contribution in [3.05, 3.63) is 65.7 Å². The third-order valence-electron chi connectivity index (χ3n) is 5.16. The minimum Gasteiger partial charge on any atom is -0.387 e. The van der Waals surface area contributed by atoms with Crippen molar-refractivity contribution in [2.24, 2.45) is 0 Å². The molecule has 2 aliphatic heterocycles. The summed E-state index contributed by atoms with van der Waals surface area (Å²) in [4.78, 5) is -0.0210. The lowest BCUT2D eigenvalue weighted by atomic mass is 9.98. The zero-order chi connectivity index (χ0) is 21.3. The molecule has 0 aliphatic carbocycles. The van der Waals surface area contributed by atoms with Crippen LogP contribution in [0.1, 0.15) is 17.4 Å². The molecule has 9 heteroatoms. The molecule has 30 heavy (non-hydrogen) atoms. The van der Waals surface area contributed by atoms with Gasteiger partial charge in [-0.2, -0.15) is 8.42 Å². The van der Waals surface area contributed by atoms with Crippen molar-refractivity contribution in [2.75, 3.05) is 13.7 Å². The first-order valence-electron chi connectivity index (χ1n) is 9.57. The van der Waals surface area contributed by atoms with Crippen LogP contribution in [0.5, 0.6) is 0 Å². The molecular formula is C21H24O8S. The number of hydrogen-bond acceptors (Lipinski definition) is 8. The topological polar surface area (TPSA) is 101 Å². The predicted octanol–water partition coefficient (Wildman–Crippen LogP) is 1.92. The van der Waals surface area contributed by atoms with Crippen molar-refractivity contribution in [1.29, 1.82) is 0 Å². The second-order valence-electron chi connectivity index (χ2n) is 7.27. The summed E-state index contributed by atoms with van der Waals surface area (Å²) in [5.74, 6) is 0. The van der Waals surface area contributed by atoms with Gasteiger partial charge in [0.1, 0.15) is 18.3 Å². The number of benzene rings is 2. The number of aliphatic hydroxyl groups excluding tert-OH is 1. The summed E-state index contributed by atoms with van der Waals surface area (Å²) in [7, 11) is -2.81. The fourth-order valence-corrected chi connectivity index (χ4v) is 4.62. The van der Waals surface area contributed by atoms with Gasteiger partial charge < -0.3 is 24.1 Å². The molecule has 2 saturated heterocycles. The highest BCUT2D eigenvalue weighted by Crippen LogP contribution is 2.36. The van der Waals surface area contributed by atoms with Gasteiger partial charge in [0.25, 0.3) is 10.1 Å². The van der Waals surface area contributed by atoms with E-state index < -0.39 is 47.1 Å². The number of hydrogen-bond donors (Lipinski definition) is 1. The van der Waals surface area contributed by atoms with Crippen LogP contribution in [-0.4, -0.2) is 57.9 Å². The first-order valence-corrected chi connectivity index (χ1v) is 11.0. The van der Waals surface area contributed by atoms with E-state index in [-0.39, 0.29) is 11.5 Å². The largest absolute Gasteiger partial charge is 0.387 e. The number of ether oxygens (including phenoxy) is 4. The van der Waals surface area contributed by atoms with Crippen molar-refractivity contribution in [3.63, 3.8) is 0 Å². The highest BCUT2D eigenvalue weighted by molar-refractivity contribution is 7.86. The highest BCUT2D eigenvalue weighted by atomic mass is 32.2. The Hall–Kier alpha value is -1.85. The summed E-state index contributed by atoms with van der Waals surface area (Å²) < 4.78 is 53.5. The molecule has 1 N–H and O–H groups in total. The average molecular weight is 436 g/mol. The van der Waals surface area contributed by atoms with Crippen LogP contribution < -0.4 is 0 Å². The molecule has 6 atom stereocenters. The minimum atomic E-state index is -4.16. The van der Waals surface area contributed by atoms with E-state index in [1.807, 2.05) is 37.3 Å². The second-order valence-corrected chi connectivity index (χ2v) is 8.85. The molecule has 162 valence electrons. The van der Waals surface area contributed by atoms with Gasteiger partial charge in [0.2, 0.25) is 0 Å². The molecular weight excluding hydrogens is 412 g/mol. The van der Waals surface area contributed by atoms with Crippen LogP contribution in [0.25, 0.3) is 0 Å². The van der Waals surface area contributed by atoms with Crippen LogP contribution in [0.2, 0.25) is 0 Å². The smallest absolute Gasteiger partial charge is 0.297 e. The molecule has 0 amide bonds. The molecule has 0 spiro atoms. The molecule has 0 bridgehead atoms. The summed E-state index contributed by atoms with van der Waals surface area (Å²) in [6.07, 6.45) is -5.93. The summed E-state index contributed by atoms with van der Waals surface area (Å²) in [6, 6.07) is 15.5. The summed E-state index contributed by atoms with van der Waals surface area (Å²) in [5.41, 5.74) is 1.69. The molecule has 2 aromatic carbocycles. The molecule has 0 saturated carbocycles. The maximum absolute atomic E-state index is 12.8. The van der Waals surface area contributed by atoms with E-state index in [1.165, 1.54) is 19.2 Å². The molecule has 0 radical (unpaired) electrons. The third kappa shape index (κ3) is 4.28. The average Bonchev–Trinajstić information content (AvgIpc) is 2.76. The number of rotatable bonds is 5. The quantitative estimate of drug-likeness (QED) is 0.710. The van der Waals surface area contributed by atoms with Gasteiger partial charge in [0, 0.05) is 12.7 Å². The van der Waals surface area contributed by atoms with E-state index in [0.717, 1.165) is 11.1 Å². The Kier molecular flexibility index (Phi) is 6.21. The standard InChI is InChI=1S/C21H24O8S/c1-13-8-10-15(11-9-13)30(23,24)29-19-17(22)18-16(27-21(19)25-2)12-26-20(28-18)14-6-4-3-5-7-14/h3-11,16-22H,12H2,1-2H3/t16-,17+,18-,19-,20?,21+/m1/s1. The number of aryl methyl sites for hydroxylation is 1. The van der Waals surface area contributed by atoms with Crippen molar-refractivity contribution < 1.29 is 36.7 Å². The van der Waals surface area contributed by atoms with Gasteiger partial charge in [0.15, 0.2) is 18.7 Å². The normalized spacial score (nSPS) is 31.8. The van der Waals surface area contributed by atoms with Gasteiger partial charge in [-0.05, 0) is 19.1 Å². The maximum atomic E-state index is 12.8. The van der Waals surface area contributed by atoms with Gasteiger partial charge in [-0.15, -0.1) is 0 Å². The van der Waals surface area contributed by atoms with Crippen LogP contribution >= 0.6 is 0 Å². The van der Waals surface area contributed by atoms with Gasteiger partial charge in [-0.25, -0.2) is 0 Å². The SMILES string of the molecule is CO[C@H]1O[C@@H]2COC(c3ccccc3)O[C@H]2[C@H](O)[C@H]1OS(=O)(=O)c1ccc(C)cc1. The van der Waals surface area contributed by atoms with Crippen molar-refractivity contribution >= 4 is 10.1 Å². The molecule has 2 aliphatic rings. The molecule has 2 aromatic rings. The molecule has 0 aromatic heterocycles. The maximum Gasteiger partial charge on any atom is 0.297 e. The Labute approximate surface area is 175 Å². The van der Waals surface area contributed by atoms with E-state index in [2.05, 4.69) is 0 Å². The summed E-state index contributed by atoms with van der Waals surface area (Å²) >= 11 is 0. The van der Waals surface area contributed by atoms with Gasteiger partial charge in [0.05, 0.1) is 11.5 Å². The summed E-state index contributed by atoms with van der Waals surface area (Å²) in [5, 5.41) is 11.0. The van der Waals surface area contributed by atoms with Crippen molar-refractivity contribution in [1.82, 2.24) is 0 Å². The third-order valence-corrected chi connectivity index (χ3v) is 6.49. The van der Waals surface area contributed by atoms with E-state index in [1.54, 1.807) is 12.1 Å². The number of aliphatic hydroxyl groups is 1. The molecule has 2 heterocycles. The van der Waals surface area contributed by atoms with Crippen LogP contribution in [0.4, 0.5) is 0 Å². The van der Waals surface area contributed by atoms with E-state index in [4.69, 9.17) is 23.1 Å². The molecule has 8 nitrogen and oxygen atoms in total.